The van der Waals surface area contributed by atoms with Crippen molar-refractivity contribution in [2.24, 2.45) is 0 Å². The average molecular weight is 869 g/mol. The largest absolute Gasteiger partial charge is 0.464 e. The number of rotatable bonds is 34. The SMILES string of the molecule is CCCCCCCCCCCCCOC(=O)C(Cc1ccccc1)NC(=O)Nc1ccc(C)c(NC(=O)NC(Cc2ccccc2)C(=O)OCCCCCCCCCCCCC)c1. The molecule has 3 aromatic rings. The number of nitrogens with one attached hydrogen (secondary N) is 4. The van der Waals surface area contributed by atoms with Crippen LogP contribution < -0.4 is 21.3 Å². The van der Waals surface area contributed by atoms with Crippen LogP contribution in [0.15, 0.2) is 78.9 Å². The van der Waals surface area contributed by atoms with E-state index in [0.717, 1.165) is 55.2 Å². The van der Waals surface area contributed by atoms with E-state index in [0.29, 0.717) is 24.6 Å². The van der Waals surface area contributed by atoms with Crippen LogP contribution in [0.2, 0.25) is 0 Å². The highest BCUT2D eigenvalue weighted by Crippen LogP contribution is 2.21. The number of aryl methyl sites for hydroxylation is 1. The van der Waals surface area contributed by atoms with Crippen LogP contribution in [0.1, 0.15) is 172 Å². The van der Waals surface area contributed by atoms with E-state index in [2.05, 4.69) is 35.1 Å². The van der Waals surface area contributed by atoms with Crippen LogP contribution in [0, 0.1) is 6.92 Å². The topological polar surface area (TPSA) is 135 Å². The molecule has 2 unspecified atom stereocenters. The monoisotopic (exact) mass is 869 g/mol. The number of carbonyl (C=O) groups is 4. The first kappa shape index (κ1) is 52.5. The van der Waals surface area contributed by atoms with Crippen LogP contribution in [-0.2, 0) is 31.9 Å². The number of carbonyl (C=O) groups excluding carboxylic acids is 4. The van der Waals surface area contributed by atoms with Crippen molar-refractivity contribution in [2.45, 2.75) is 187 Å². The second-order valence-electron chi connectivity index (χ2n) is 17.1. The number of esters is 2. The molecule has 2 atom stereocenters. The molecule has 4 N–H and O–H groups in total. The summed E-state index contributed by atoms with van der Waals surface area (Å²) >= 11 is 0. The lowest BCUT2D eigenvalue weighted by atomic mass is 10.1. The fraction of sp³-hybridized carbons (Fsp3) is 0.585. The van der Waals surface area contributed by atoms with Gasteiger partial charge in [-0.3, -0.25) is 0 Å². The Hall–Kier alpha value is -4.86. The predicted octanol–water partition coefficient (Wildman–Crippen LogP) is 13.2. The van der Waals surface area contributed by atoms with E-state index in [-0.39, 0.29) is 12.8 Å². The van der Waals surface area contributed by atoms with Crippen molar-refractivity contribution in [1.82, 2.24) is 10.6 Å². The average Bonchev–Trinajstić information content (AvgIpc) is 3.28. The van der Waals surface area contributed by atoms with Crippen LogP contribution in [0.25, 0.3) is 0 Å². The number of urea groups is 2. The van der Waals surface area contributed by atoms with Crippen molar-refractivity contribution in [1.29, 1.82) is 0 Å². The highest BCUT2D eigenvalue weighted by molar-refractivity contribution is 5.96. The van der Waals surface area contributed by atoms with Gasteiger partial charge in [-0.1, -0.05) is 209 Å². The van der Waals surface area contributed by atoms with Crippen LogP contribution in [0.5, 0.6) is 0 Å². The first-order valence-corrected chi connectivity index (χ1v) is 24.5. The molecule has 0 aliphatic rings. The number of hydrogen-bond donors (Lipinski definition) is 4. The fourth-order valence-corrected chi connectivity index (χ4v) is 7.64. The molecule has 0 aliphatic heterocycles. The van der Waals surface area contributed by atoms with Crippen molar-refractivity contribution < 1.29 is 28.7 Å². The summed E-state index contributed by atoms with van der Waals surface area (Å²) in [4.78, 5) is 53.4. The Morgan fingerprint density at radius 3 is 1.22 bits per heavy atom. The standard InChI is InChI=1S/C53H80N4O6/c1-4-6-8-10-12-14-16-18-20-22-30-38-62-50(58)48(40-44-32-26-24-27-33-44)56-52(60)54-46-37-36-43(3)47(42-46)55-53(61)57-49(41-45-34-28-25-29-35-45)51(59)63-39-31-23-21-19-17-15-13-11-9-7-5-2/h24-29,32-37,42,48-49H,4-23,30-31,38-41H2,1-3H3,(H2,54,56,60)(H2,55,57,61). The molecule has 63 heavy (non-hydrogen) atoms. The van der Waals surface area contributed by atoms with Gasteiger partial charge >= 0.3 is 24.0 Å². The highest BCUT2D eigenvalue weighted by atomic mass is 16.5. The fourth-order valence-electron chi connectivity index (χ4n) is 7.64. The summed E-state index contributed by atoms with van der Waals surface area (Å²) in [6.45, 7) is 6.94. The molecule has 10 nitrogen and oxygen atoms in total. The van der Waals surface area contributed by atoms with Gasteiger partial charge in [0, 0.05) is 24.2 Å². The normalized spacial score (nSPS) is 11.9. The summed E-state index contributed by atoms with van der Waals surface area (Å²) in [6.07, 6.45) is 27.0. The maximum Gasteiger partial charge on any atom is 0.329 e. The van der Waals surface area contributed by atoms with Crippen molar-refractivity contribution >= 4 is 35.4 Å². The Bertz CT molecular complexity index is 1690. The van der Waals surface area contributed by atoms with E-state index in [9.17, 15) is 19.2 Å². The molecule has 348 valence electrons. The second-order valence-corrected chi connectivity index (χ2v) is 17.1. The smallest absolute Gasteiger partial charge is 0.329 e. The van der Waals surface area contributed by atoms with Crippen molar-refractivity contribution in [3.8, 4) is 0 Å². The molecule has 4 amide bonds. The van der Waals surface area contributed by atoms with E-state index in [1.807, 2.05) is 67.6 Å². The van der Waals surface area contributed by atoms with Crippen molar-refractivity contribution in [2.75, 3.05) is 23.8 Å². The molecule has 3 rings (SSSR count). The Morgan fingerprint density at radius 1 is 0.460 bits per heavy atom. The molecular formula is C53H80N4O6. The molecule has 10 heteroatoms. The summed E-state index contributed by atoms with van der Waals surface area (Å²) < 4.78 is 11.3. The van der Waals surface area contributed by atoms with E-state index >= 15 is 0 Å². The van der Waals surface area contributed by atoms with Crippen molar-refractivity contribution in [3.05, 3.63) is 95.6 Å². The molecule has 0 saturated heterocycles. The van der Waals surface area contributed by atoms with Gasteiger partial charge in [0.05, 0.1) is 13.2 Å². The van der Waals surface area contributed by atoms with E-state index < -0.39 is 36.1 Å². The van der Waals surface area contributed by atoms with Gasteiger partial charge in [0.15, 0.2) is 0 Å². The lowest BCUT2D eigenvalue weighted by Crippen LogP contribution is -2.45. The molecule has 3 aromatic carbocycles. The summed E-state index contributed by atoms with van der Waals surface area (Å²) in [6, 6.07) is 21.2. The van der Waals surface area contributed by atoms with Gasteiger partial charge in [0.2, 0.25) is 0 Å². The number of hydrogen-bond acceptors (Lipinski definition) is 6. The van der Waals surface area contributed by atoms with Gasteiger partial charge < -0.3 is 30.7 Å². The van der Waals surface area contributed by atoms with E-state index in [1.165, 1.54) is 103 Å². The second kappa shape index (κ2) is 33.7. The third-order valence-corrected chi connectivity index (χ3v) is 11.5. The van der Waals surface area contributed by atoms with Gasteiger partial charge in [-0.05, 0) is 48.6 Å². The van der Waals surface area contributed by atoms with E-state index in [4.69, 9.17) is 9.47 Å². The minimum absolute atomic E-state index is 0.276. The van der Waals surface area contributed by atoms with Gasteiger partial charge in [0.25, 0.3) is 0 Å². The molecule has 0 heterocycles. The van der Waals surface area contributed by atoms with Crippen LogP contribution in [0.4, 0.5) is 21.0 Å². The summed E-state index contributed by atoms with van der Waals surface area (Å²) in [5.41, 5.74) is 3.40. The van der Waals surface area contributed by atoms with Crippen LogP contribution >= 0.6 is 0 Å². The first-order chi connectivity index (χ1) is 30.8. The quantitative estimate of drug-likeness (QED) is 0.0349. The number of anilines is 2. The zero-order valence-electron chi connectivity index (χ0n) is 39.0. The lowest BCUT2D eigenvalue weighted by Gasteiger charge is -2.20. The molecule has 0 spiro atoms. The minimum Gasteiger partial charge on any atom is -0.464 e. The van der Waals surface area contributed by atoms with Gasteiger partial charge in [-0.25, -0.2) is 19.2 Å². The maximum absolute atomic E-state index is 13.4. The van der Waals surface area contributed by atoms with Gasteiger partial charge in [0.1, 0.15) is 12.1 Å². The predicted molar refractivity (Wildman–Crippen MR) is 258 cm³/mol. The molecule has 0 aromatic heterocycles. The first-order valence-electron chi connectivity index (χ1n) is 24.5. The third-order valence-electron chi connectivity index (χ3n) is 11.5. The zero-order chi connectivity index (χ0) is 45.2. The van der Waals surface area contributed by atoms with Crippen molar-refractivity contribution in [3.63, 3.8) is 0 Å². The van der Waals surface area contributed by atoms with Crippen LogP contribution in [0.3, 0.4) is 0 Å². The van der Waals surface area contributed by atoms with Gasteiger partial charge in [-0.15, -0.1) is 0 Å². The summed E-state index contributed by atoms with van der Waals surface area (Å²) in [5.74, 6) is -0.960. The molecule has 0 saturated carbocycles. The molecule has 0 radical (unpaired) electrons. The molecule has 0 bridgehead atoms. The number of ether oxygens (including phenoxy) is 2. The lowest BCUT2D eigenvalue weighted by molar-refractivity contribution is -0.146. The summed E-state index contributed by atoms with van der Waals surface area (Å²) in [5, 5.41) is 11.3. The molecule has 0 fully saturated rings. The summed E-state index contributed by atoms with van der Waals surface area (Å²) in [7, 11) is 0. The molecule has 0 aliphatic carbocycles. The maximum atomic E-state index is 13.4. The number of benzene rings is 3. The minimum atomic E-state index is -0.899. The number of amides is 4. The highest BCUT2D eigenvalue weighted by Gasteiger charge is 2.25. The Kier molecular flexibility index (Phi) is 28.0. The molecular weight excluding hydrogens is 789 g/mol. The van der Waals surface area contributed by atoms with Gasteiger partial charge in [-0.2, -0.15) is 0 Å². The van der Waals surface area contributed by atoms with E-state index in [1.54, 1.807) is 18.2 Å². The Morgan fingerprint density at radius 2 is 0.825 bits per heavy atom. The Labute approximate surface area is 379 Å². The number of unbranched alkanes of at least 4 members (excludes halogenated alkanes) is 20. The zero-order valence-corrected chi connectivity index (χ0v) is 39.0. The third kappa shape index (κ3) is 24.5. The van der Waals surface area contributed by atoms with Crippen LogP contribution in [-0.4, -0.2) is 49.3 Å². The Balaban J connectivity index is 1.49.